The van der Waals surface area contributed by atoms with E-state index >= 15 is 0 Å². The van der Waals surface area contributed by atoms with Gasteiger partial charge in [0, 0.05) is 11.8 Å². The molecule has 0 aliphatic carbocycles. The molecule has 2 atom stereocenters. The molecular formula is C42H66N4O6. The highest BCUT2D eigenvalue weighted by Crippen LogP contribution is 2.22. The lowest BCUT2D eigenvalue weighted by molar-refractivity contribution is -0.126. The molecule has 0 aromatic heterocycles. The minimum atomic E-state index is -0.549. The number of aromatic hydroxyl groups is 2. The molecule has 2 unspecified atom stereocenters. The lowest BCUT2D eigenvalue weighted by Gasteiger charge is -2.15. The number of amides is 4. The van der Waals surface area contributed by atoms with Crippen LogP contribution in [0.5, 0.6) is 11.5 Å². The highest BCUT2D eigenvalue weighted by Gasteiger charge is 2.18. The van der Waals surface area contributed by atoms with Gasteiger partial charge in [0.05, 0.1) is 11.1 Å². The monoisotopic (exact) mass is 722 g/mol. The molecule has 290 valence electrons. The van der Waals surface area contributed by atoms with Crippen molar-refractivity contribution >= 4 is 23.6 Å². The summed E-state index contributed by atoms with van der Waals surface area (Å²) in [6, 6.07) is 10.1. The van der Waals surface area contributed by atoms with Gasteiger partial charge in [-0.25, -0.2) is 0 Å². The third kappa shape index (κ3) is 17.4. The second-order valence-electron chi connectivity index (χ2n) is 14.4. The molecule has 0 saturated carbocycles. The van der Waals surface area contributed by atoms with Gasteiger partial charge < -0.3 is 10.2 Å². The first-order chi connectivity index (χ1) is 25.1. The van der Waals surface area contributed by atoms with Crippen LogP contribution in [0.4, 0.5) is 0 Å². The number of benzene rings is 2. The second kappa shape index (κ2) is 25.8. The van der Waals surface area contributed by atoms with Crippen LogP contribution in [0.1, 0.15) is 175 Å². The van der Waals surface area contributed by atoms with E-state index in [1.54, 1.807) is 12.1 Å². The standard InChI is InChI=1S/C42H66N4O6/c1-5-7-9-11-13-19-23-33-25-27-37(47)35(29-33)41(51)45-43-39(49)31(3)21-17-15-16-18-22-32(4)40(50)44-46-42(52)36-30-34(26-28-38(36)48)24-20-14-12-10-8-6-2/h25-32,47-48H,5-24H2,1-4H3,(H,43,49)(H,44,50)(H,45,51)(H,46,52). The molecule has 0 fully saturated rings. The quantitative estimate of drug-likeness (QED) is 0.0445. The minimum absolute atomic E-state index is 0.122. The SMILES string of the molecule is CCCCCCCCc1ccc(O)c(C(=O)NNC(=O)C(C)CCCCCCC(C)C(=O)NNC(=O)c2cc(CCCCCCCC)ccc2O)c1. The molecular weight excluding hydrogens is 656 g/mol. The first-order valence-electron chi connectivity index (χ1n) is 19.9. The smallest absolute Gasteiger partial charge is 0.273 e. The van der Waals surface area contributed by atoms with Crippen molar-refractivity contribution in [1.82, 2.24) is 21.7 Å². The molecule has 10 nitrogen and oxygen atoms in total. The fourth-order valence-electron chi connectivity index (χ4n) is 6.19. The Morgan fingerprint density at radius 3 is 1.23 bits per heavy atom. The fourth-order valence-corrected chi connectivity index (χ4v) is 6.19. The van der Waals surface area contributed by atoms with Crippen molar-refractivity contribution in [2.24, 2.45) is 11.8 Å². The van der Waals surface area contributed by atoms with E-state index in [9.17, 15) is 29.4 Å². The zero-order chi connectivity index (χ0) is 38.1. The number of carbonyl (C=O) groups excluding carboxylic acids is 4. The van der Waals surface area contributed by atoms with Crippen LogP contribution >= 0.6 is 0 Å². The highest BCUT2D eigenvalue weighted by atomic mass is 16.3. The van der Waals surface area contributed by atoms with Crippen molar-refractivity contribution in [3.63, 3.8) is 0 Å². The predicted molar refractivity (Wildman–Crippen MR) is 208 cm³/mol. The number of hydrogen-bond donors (Lipinski definition) is 6. The molecule has 0 radical (unpaired) electrons. The molecule has 6 N–H and O–H groups in total. The van der Waals surface area contributed by atoms with Crippen molar-refractivity contribution in [3.05, 3.63) is 58.7 Å². The molecule has 2 rings (SSSR count). The predicted octanol–water partition coefficient (Wildman–Crippen LogP) is 8.74. The number of aryl methyl sites for hydroxylation is 2. The first kappa shape index (κ1) is 44.1. The van der Waals surface area contributed by atoms with E-state index in [0.29, 0.717) is 12.8 Å². The van der Waals surface area contributed by atoms with Crippen LogP contribution in [-0.2, 0) is 22.4 Å². The van der Waals surface area contributed by atoms with Crippen LogP contribution in [-0.4, -0.2) is 33.8 Å². The van der Waals surface area contributed by atoms with E-state index in [-0.39, 0.29) is 46.3 Å². The van der Waals surface area contributed by atoms with Gasteiger partial charge in [-0.2, -0.15) is 0 Å². The van der Waals surface area contributed by atoms with Gasteiger partial charge in [0.25, 0.3) is 11.8 Å². The maximum atomic E-state index is 12.7. The summed E-state index contributed by atoms with van der Waals surface area (Å²) in [5.74, 6) is -2.54. The number of phenols is 2. The molecule has 4 amide bonds. The van der Waals surface area contributed by atoms with Gasteiger partial charge in [0.15, 0.2) is 0 Å². The van der Waals surface area contributed by atoms with E-state index < -0.39 is 11.8 Å². The number of unbranched alkanes of at least 4 members (excludes halogenated alkanes) is 13. The van der Waals surface area contributed by atoms with Gasteiger partial charge in [0.1, 0.15) is 11.5 Å². The Morgan fingerprint density at radius 1 is 0.500 bits per heavy atom. The first-order valence-corrected chi connectivity index (χ1v) is 19.9. The van der Waals surface area contributed by atoms with E-state index in [1.165, 1.54) is 63.5 Å². The van der Waals surface area contributed by atoms with Gasteiger partial charge in [0.2, 0.25) is 11.8 Å². The normalized spacial score (nSPS) is 12.2. The van der Waals surface area contributed by atoms with Crippen LogP contribution in [0, 0.1) is 11.8 Å². The largest absolute Gasteiger partial charge is 0.507 e. The maximum absolute atomic E-state index is 12.7. The fraction of sp³-hybridized carbons (Fsp3) is 0.619. The lowest BCUT2D eigenvalue weighted by atomic mass is 9.99. The van der Waals surface area contributed by atoms with Crippen molar-refractivity contribution in [1.29, 1.82) is 0 Å². The van der Waals surface area contributed by atoms with Crippen LogP contribution in [0.25, 0.3) is 0 Å². The maximum Gasteiger partial charge on any atom is 0.273 e. The third-order valence-corrected chi connectivity index (χ3v) is 9.77. The summed E-state index contributed by atoms with van der Waals surface area (Å²) in [6.45, 7) is 8.01. The van der Waals surface area contributed by atoms with Crippen LogP contribution in [0.15, 0.2) is 36.4 Å². The molecule has 0 aliphatic heterocycles. The van der Waals surface area contributed by atoms with Gasteiger partial charge in [-0.3, -0.25) is 40.9 Å². The number of carbonyl (C=O) groups is 4. The van der Waals surface area contributed by atoms with Gasteiger partial charge in [-0.1, -0.05) is 130 Å². The number of rotatable bonds is 25. The zero-order valence-corrected chi connectivity index (χ0v) is 32.3. The molecule has 0 heterocycles. The Labute approximate surface area is 312 Å². The Kier molecular flexibility index (Phi) is 21.9. The molecule has 0 spiro atoms. The van der Waals surface area contributed by atoms with Crippen molar-refractivity contribution < 1.29 is 29.4 Å². The van der Waals surface area contributed by atoms with Crippen molar-refractivity contribution in [2.75, 3.05) is 0 Å². The Morgan fingerprint density at radius 2 is 0.846 bits per heavy atom. The molecule has 2 aromatic rings. The lowest BCUT2D eigenvalue weighted by Crippen LogP contribution is -2.44. The van der Waals surface area contributed by atoms with Gasteiger partial charge >= 0.3 is 0 Å². The van der Waals surface area contributed by atoms with E-state index in [4.69, 9.17) is 0 Å². The Balaban J connectivity index is 1.62. The highest BCUT2D eigenvalue weighted by molar-refractivity contribution is 5.98. The Hall–Kier alpha value is -4.08. The minimum Gasteiger partial charge on any atom is -0.507 e. The number of hydrazine groups is 2. The summed E-state index contributed by atoms with van der Waals surface area (Å²) in [4.78, 5) is 50.6. The van der Waals surface area contributed by atoms with E-state index in [2.05, 4.69) is 35.6 Å². The average molecular weight is 723 g/mol. The zero-order valence-electron chi connectivity index (χ0n) is 32.3. The topological polar surface area (TPSA) is 157 Å². The number of nitrogens with one attached hydrogen (secondary N) is 4. The average Bonchev–Trinajstić information content (AvgIpc) is 3.14. The molecule has 2 aromatic carbocycles. The van der Waals surface area contributed by atoms with Crippen molar-refractivity contribution in [2.45, 2.75) is 156 Å². The Bertz CT molecular complexity index is 1280. The number of phenolic OH excluding ortho intramolecular Hbond substituents is 2. The van der Waals surface area contributed by atoms with Crippen LogP contribution < -0.4 is 21.7 Å². The summed E-state index contributed by atoms with van der Waals surface area (Å²) in [5, 5.41) is 20.5. The number of hydrogen-bond acceptors (Lipinski definition) is 6. The summed E-state index contributed by atoms with van der Waals surface area (Å²) >= 11 is 0. The van der Waals surface area contributed by atoms with E-state index in [0.717, 1.165) is 75.3 Å². The van der Waals surface area contributed by atoms with Crippen LogP contribution in [0.2, 0.25) is 0 Å². The molecule has 0 aliphatic rings. The second-order valence-corrected chi connectivity index (χ2v) is 14.4. The summed E-state index contributed by atoms with van der Waals surface area (Å²) in [5.41, 5.74) is 12.1. The van der Waals surface area contributed by atoms with E-state index in [1.807, 2.05) is 26.0 Å². The molecule has 0 saturated heterocycles. The molecule has 0 bridgehead atoms. The van der Waals surface area contributed by atoms with Crippen LogP contribution in [0.3, 0.4) is 0 Å². The van der Waals surface area contributed by atoms with Gasteiger partial charge in [-0.05, 0) is 73.9 Å². The molecule has 10 heteroatoms. The third-order valence-electron chi connectivity index (χ3n) is 9.77. The summed E-state index contributed by atoms with van der Waals surface area (Å²) in [7, 11) is 0. The summed E-state index contributed by atoms with van der Waals surface area (Å²) in [6.07, 6.45) is 20.5. The molecule has 52 heavy (non-hydrogen) atoms. The van der Waals surface area contributed by atoms with Gasteiger partial charge in [-0.15, -0.1) is 0 Å². The summed E-state index contributed by atoms with van der Waals surface area (Å²) < 4.78 is 0. The van der Waals surface area contributed by atoms with Crippen molar-refractivity contribution in [3.8, 4) is 11.5 Å².